The smallest absolute Gasteiger partial charge is 0.251 e. The number of hydrazone groups is 1. The molecule has 3 rings (SSSR count). The van der Waals surface area contributed by atoms with Crippen LogP contribution in [0.25, 0.3) is 0 Å². The van der Waals surface area contributed by atoms with Gasteiger partial charge in [0.05, 0.1) is 17.7 Å². The van der Waals surface area contributed by atoms with Gasteiger partial charge in [-0.05, 0) is 31.9 Å². The summed E-state index contributed by atoms with van der Waals surface area (Å²) < 4.78 is 0. The molecule has 0 spiro atoms. The number of amides is 1. The lowest BCUT2D eigenvalue weighted by molar-refractivity contribution is -0.133. The minimum Gasteiger partial charge on any atom is -0.272 e. The highest BCUT2D eigenvalue weighted by atomic mass is 16.2. The Bertz CT molecular complexity index is 504. The molecule has 1 amide bonds. The fraction of sp³-hybridized carbons (Fsp3) is 0.562. The van der Waals surface area contributed by atoms with Gasteiger partial charge in [-0.25, -0.2) is 5.01 Å². The van der Waals surface area contributed by atoms with Gasteiger partial charge in [0, 0.05) is 18.0 Å². The second-order valence-electron chi connectivity index (χ2n) is 5.78. The first-order valence-corrected chi connectivity index (χ1v) is 7.59. The minimum atomic E-state index is -0.151. The molecule has 1 atom stereocenters. The van der Waals surface area contributed by atoms with Crippen molar-refractivity contribution in [3.63, 3.8) is 0 Å². The van der Waals surface area contributed by atoms with Gasteiger partial charge in [-0.1, -0.05) is 25.7 Å². The summed E-state index contributed by atoms with van der Waals surface area (Å²) >= 11 is 0. The molecule has 1 saturated carbocycles. The van der Waals surface area contributed by atoms with Crippen LogP contribution in [0, 0.1) is 5.92 Å². The van der Waals surface area contributed by atoms with Gasteiger partial charge in [-0.2, -0.15) is 5.10 Å². The van der Waals surface area contributed by atoms with E-state index in [9.17, 15) is 4.79 Å². The summed E-state index contributed by atoms with van der Waals surface area (Å²) in [4.78, 5) is 16.6. The third-order valence-electron chi connectivity index (χ3n) is 4.35. The maximum absolute atomic E-state index is 12.5. The Balaban J connectivity index is 1.85. The Hall–Kier alpha value is -1.71. The zero-order chi connectivity index (χ0) is 13.9. The van der Waals surface area contributed by atoms with Gasteiger partial charge in [0.25, 0.3) is 5.91 Å². The fourth-order valence-corrected chi connectivity index (χ4v) is 3.15. The molecule has 1 fully saturated rings. The number of pyridine rings is 1. The van der Waals surface area contributed by atoms with Gasteiger partial charge < -0.3 is 0 Å². The topological polar surface area (TPSA) is 45.6 Å². The van der Waals surface area contributed by atoms with Crippen molar-refractivity contribution >= 4 is 11.6 Å². The molecule has 1 aliphatic carbocycles. The van der Waals surface area contributed by atoms with Crippen LogP contribution in [-0.2, 0) is 4.79 Å². The van der Waals surface area contributed by atoms with Crippen molar-refractivity contribution in [3.05, 3.63) is 30.1 Å². The second-order valence-corrected chi connectivity index (χ2v) is 5.78. The second kappa shape index (κ2) is 5.73. The van der Waals surface area contributed by atoms with Crippen molar-refractivity contribution in [2.24, 2.45) is 11.0 Å². The molecule has 2 heterocycles. The van der Waals surface area contributed by atoms with Crippen LogP contribution in [-0.4, -0.2) is 27.7 Å². The Labute approximate surface area is 119 Å². The van der Waals surface area contributed by atoms with Crippen LogP contribution >= 0.6 is 0 Å². The van der Waals surface area contributed by atoms with E-state index in [0.717, 1.165) is 24.1 Å². The van der Waals surface area contributed by atoms with E-state index in [0.29, 0.717) is 6.04 Å². The van der Waals surface area contributed by atoms with Crippen molar-refractivity contribution in [2.45, 2.75) is 51.5 Å². The zero-order valence-electron chi connectivity index (χ0n) is 12.0. The summed E-state index contributed by atoms with van der Waals surface area (Å²) in [6.45, 7) is 1.95. The number of rotatable bonds is 2. The van der Waals surface area contributed by atoms with Crippen LogP contribution in [0.4, 0.5) is 0 Å². The van der Waals surface area contributed by atoms with Crippen LogP contribution in [0.2, 0.25) is 0 Å². The average Bonchev–Trinajstić information content (AvgIpc) is 2.69. The maximum atomic E-state index is 12.5. The predicted molar refractivity (Wildman–Crippen MR) is 78.3 cm³/mol. The molecule has 2 aliphatic rings. The van der Waals surface area contributed by atoms with E-state index in [1.165, 1.54) is 25.7 Å². The summed E-state index contributed by atoms with van der Waals surface area (Å²) in [5.41, 5.74) is 1.83. The van der Waals surface area contributed by atoms with Crippen LogP contribution < -0.4 is 0 Å². The van der Waals surface area contributed by atoms with Crippen molar-refractivity contribution in [1.29, 1.82) is 0 Å². The maximum Gasteiger partial charge on any atom is 0.251 e. The number of aromatic nitrogens is 1. The van der Waals surface area contributed by atoms with Crippen molar-refractivity contribution in [2.75, 3.05) is 0 Å². The minimum absolute atomic E-state index is 0.149. The van der Waals surface area contributed by atoms with Crippen LogP contribution in [0.5, 0.6) is 0 Å². The Morgan fingerprint density at radius 2 is 1.95 bits per heavy atom. The molecule has 1 aromatic heterocycles. The molecule has 1 unspecified atom stereocenters. The van der Waals surface area contributed by atoms with E-state index in [-0.39, 0.29) is 11.8 Å². The normalized spacial score (nSPS) is 24.6. The first-order valence-electron chi connectivity index (χ1n) is 7.59. The quantitative estimate of drug-likeness (QED) is 0.776. The lowest BCUT2D eigenvalue weighted by atomic mass is 9.99. The molecule has 0 saturated heterocycles. The van der Waals surface area contributed by atoms with Gasteiger partial charge in [0.1, 0.15) is 0 Å². The molecule has 4 heteroatoms. The molecule has 0 radical (unpaired) electrons. The van der Waals surface area contributed by atoms with Crippen molar-refractivity contribution in [3.8, 4) is 0 Å². The summed E-state index contributed by atoms with van der Waals surface area (Å²) in [6, 6.07) is 4.16. The fourth-order valence-electron chi connectivity index (χ4n) is 3.15. The highest BCUT2D eigenvalue weighted by Gasteiger charge is 2.36. The monoisotopic (exact) mass is 271 g/mol. The lowest BCUT2D eigenvalue weighted by Crippen LogP contribution is -2.35. The first-order chi connectivity index (χ1) is 9.77. The lowest BCUT2D eigenvalue weighted by Gasteiger charge is -2.23. The van der Waals surface area contributed by atoms with E-state index in [1.807, 2.05) is 19.1 Å². The van der Waals surface area contributed by atoms with Gasteiger partial charge in [0.15, 0.2) is 0 Å². The largest absolute Gasteiger partial charge is 0.272 e. The van der Waals surface area contributed by atoms with Crippen LogP contribution in [0.3, 0.4) is 0 Å². The average molecular weight is 271 g/mol. The van der Waals surface area contributed by atoms with Crippen molar-refractivity contribution in [1.82, 2.24) is 9.99 Å². The summed E-state index contributed by atoms with van der Waals surface area (Å²) in [7, 11) is 0. The zero-order valence-corrected chi connectivity index (χ0v) is 12.0. The Morgan fingerprint density at radius 3 is 2.60 bits per heavy atom. The number of hydrogen-bond acceptors (Lipinski definition) is 3. The third kappa shape index (κ3) is 2.47. The van der Waals surface area contributed by atoms with E-state index in [1.54, 1.807) is 17.4 Å². The first kappa shape index (κ1) is 13.3. The number of carbonyl (C=O) groups excluding carboxylic acids is 1. The van der Waals surface area contributed by atoms with E-state index in [4.69, 9.17) is 0 Å². The Morgan fingerprint density at radius 1 is 1.20 bits per heavy atom. The molecule has 106 valence electrons. The third-order valence-corrected chi connectivity index (χ3v) is 4.35. The highest BCUT2D eigenvalue weighted by Crippen LogP contribution is 2.28. The molecule has 0 bridgehead atoms. The number of nitrogens with zero attached hydrogens (tertiary/aromatic N) is 3. The SMILES string of the molecule is CC1C(=O)N(C2CCCCCC2)N=C1c1cccnc1. The van der Waals surface area contributed by atoms with Gasteiger partial charge in [-0.15, -0.1) is 0 Å². The number of carbonyl (C=O) groups is 1. The molecule has 0 N–H and O–H groups in total. The van der Waals surface area contributed by atoms with Crippen molar-refractivity contribution < 1.29 is 4.79 Å². The molecular weight excluding hydrogens is 250 g/mol. The molecule has 20 heavy (non-hydrogen) atoms. The molecular formula is C16H21N3O. The molecule has 1 aromatic rings. The highest BCUT2D eigenvalue weighted by molar-refractivity contribution is 6.15. The summed E-state index contributed by atoms with van der Waals surface area (Å²) in [5.74, 6) is -0.00166. The van der Waals surface area contributed by atoms with Crippen LogP contribution in [0.1, 0.15) is 51.0 Å². The summed E-state index contributed by atoms with van der Waals surface area (Å²) in [5, 5.41) is 6.41. The van der Waals surface area contributed by atoms with Gasteiger partial charge in [0.2, 0.25) is 0 Å². The Kier molecular flexibility index (Phi) is 3.81. The summed E-state index contributed by atoms with van der Waals surface area (Å²) in [6.07, 6.45) is 10.7. The van der Waals surface area contributed by atoms with Crippen LogP contribution in [0.15, 0.2) is 29.6 Å². The van der Waals surface area contributed by atoms with E-state index in [2.05, 4.69) is 10.1 Å². The molecule has 4 nitrogen and oxygen atoms in total. The van der Waals surface area contributed by atoms with Gasteiger partial charge >= 0.3 is 0 Å². The van der Waals surface area contributed by atoms with Gasteiger partial charge in [-0.3, -0.25) is 9.78 Å². The van der Waals surface area contributed by atoms with E-state index < -0.39 is 0 Å². The predicted octanol–water partition coefficient (Wildman–Crippen LogP) is 2.99. The standard InChI is InChI=1S/C16H21N3O/c1-12-15(13-7-6-10-17-11-13)18-19(16(12)20)14-8-4-2-3-5-9-14/h6-7,10-12,14H,2-5,8-9H2,1H3. The molecule has 0 aromatic carbocycles. The number of hydrogen-bond donors (Lipinski definition) is 0. The molecule has 1 aliphatic heterocycles. The van der Waals surface area contributed by atoms with E-state index >= 15 is 0 Å².